The van der Waals surface area contributed by atoms with Crippen LogP contribution in [-0.2, 0) is 14.3 Å². The topological polar surface area (TPSA) is 102 Å². The van der Waals surface area contributed by atoms with Gasteiger partial charge in [0.1, 0.15) is 6.04 Å². The Morgan fingerprint density at radius 2 is 2.14 bits per heavy atom. The molecule has 1 amide bonds. The number of carboxylic acid groups (broad SMARTS) is 1. The highest BCUT2D eigenvalue weighted by atomic mass is 16.5. The number of nitrogens with two attached hydrogens (primary N) is 1. The van der Waals surface area contributed by atoms with Crippen LogP contribution in [0.25, 0.3) is 0 Å². The molecule has 0 radical (unpaired) electrons. The van der Waals surface area contributed by atoms with Crippen LogP contribution in [0.4, 0.5) is 0 Å². The van der Waals surface area contributed by atoms with Gasteiger partial charge in [0.25, 0.3) is 0 Å². The molecule has 0 saturated carbocycles. The summed E-state index contributed by atoms with van der Waals surface area (Å²) in [6.07, 6.45) is 0. The van der Waals surface area contributed by atoms with Gasteiger partial charge in [0.05, 0.1) is 12.5 Å². The minimum absolute atomic E-state index is 0.0750. The zero-order valence-electron chi connectivity index (χ0n) is 8.32. The van der Waals surface area contributed by atoms with E-state index >= 15 is 0 Å². The molecule has 0 aliphatic carbocycles. The molecule has 0 aromatic carbocycles. The highest BCUT2D eigenvalue weighted by molar-refractivity contribution is 5.82. The maximum Gasteiger partial charge on any atom is 0.308 e. The molecule has 14 heavy (non-hydrogen) atoms. The fourth-order valence-electron chi connectivity index (χ4n) is 0.727. The first kappa shape index (κ1) is 12.9. The van der Waals surface area contributed by atoms with Gasteiger partial charge in [-0.05, 0) is 0 Å². The molecule has 0 aliphatic heterocycles. The molecule has 0 aromatic rings. The number of amides is 1. The minimum Gasteiger partial charge on any atom is -0.481 e. The highest BCUT2D eigenvalue weighted by Crippen LogP contribution is 1.91. The van der Waals surface area contributed by atoms with Gasteiger partial charge in [0, 0.05) is 13.7 Å². The van der Waals surface area contributed by atoms with E-state index < -0.39 is 23.8 Å². The lowest BCUT2D eigenvalue weighted by Crippen LogP contribution is -2.45. The average Bonchev–Trinajstić information content (AvgIpc) is 2.13. The third-order valence-electron chi connectivity index (χ3n) is 1.69. The predicted molar refractivity (Wildman–Crippen MR) is 49.7 cm³/mol. The van der Waals surface area contributed by atoms with E-state index in [1.807, 2.05) is 0 Å². The molecule has 0 aliphatic rings. The van der Waals surface area contributed by atoms with E-state index in [2.05, 4.69) is 10.1 Å². The molecule has 0 aromatic heterocycles. The molecule has 82 valence electrons. The van der Waals surface area contributed by atoms with Gasteiger partial charge in [-0.1, -0.05) is 6.92 Å². The van der Waals surface area contributed by atoms with Crippen LogP contribution in [-0.4, -0.2) is 43.3 Å². The summed E-state index contributed by atoms with van der Waals surface area (Å²) < 4.78 is 4.68. The van der Waals surface area contributed by atoms with Crippen LogP contribution in [0.3, 0.4) is 0 Å². The quantitative estimate of drug-likeness (QED) is 0.504. The van der Waals surface area contributed by atoms with E-state index in [0.29, 0.717) is 0 Å². The van der Waals surface area contributed by atoms with Crippen molar-refractivity contribution in [3.63, 3.8) is 0 Å². The zero-order chi connectivity index (χ0) is 11.1. The Balaban J connectivity index is 3.78. The molecule has 6 heteroatoms. The number of ether oxygens (including phenoxy) is 1. The number of aliphatic carboxylic acids is 1. The van der Waals surface area contributed by atoms with Gasteiger partial charge in [-0.2, -0.15) is 0 Å². The normalized spacial score (nSPS) is 14.5. The Hall–Kier alpha value is -1.14. The van der Waals surface area contributed by atoms with Crippen molar-refractivity contribution < 1.29 is 19.4 Å². The van der Waals surface area contributed by atoms with Crippen LogP contribution in [0.1, 0.15) is 6.92 Å². The Morgan fingerprint density at radius 1 is 1.57 bits per heavy atom. The summed E-state index contributed by atoms with van der Waals surface area (Å²) in [6, 6.07) is -0.749. The fourth-order valence-corrected chi connectivity index (χ4v) is 0.727. The van der Waals surface area contributed by atoms with Gasteiger partial charge in [0.15, 0.2) is 0 Å². The van der Waals surface area contributed by atoms with Crippen LogP contribution >= 0.6 is 0 Å². The smallest absolute Gasteiger partial charge is 0.308 e. The Bertz CT molecular complexity index is 208. The van der Waals surface area contributed by atoms with Gasteiger partial charge in [0.2, 0.25) is 5.91 Å². The van der Waals surface area contributed by atoms with Crippen LogP contribution < -0.4 is 11.1 Å². The molecule has 0 fully saturated rings. The van der Waals surface area contributed by atoms with E-state index in [-0.39, 0.29) is 13.2 Å². The highest BCUT2D eigenvalue weighted by Gasteiger charge is 2.16. The number of carbonyl (C=O) groups excluding carboxylic acids is 1. The van der Waals surface area contributed by atoms with Crippen molar-refractivity contribution in [1.29, 1.82) is 0 Å². The standard InChI is InChI=1S/C8H16N2O4/c1-5(8(12)13)3-10-7(11)6(9)4-14-2/h5-6H,3-4,9H2,1-2H3,(H,10,11)(H,12,13). The number of rotatable bonds is 6. The number of carbonyl (C=O) groups is 2. The van der Waals surface area contributed by atoms with Gasteiger partial charge < -0.3 is 20.9 Å². The third-order valence-corrected chi connectivity index (χ3v) is 1.69. The monoisotopic (exact) mass is 204 g/mol. The number of hydrogen-bond donors (Lipinski definition) is 3. The lowest BCUT2D eigenvalue weighted by atomic mass is 10.2. The molecule has 4 N–H and O–H groups in total. The minimum atomic E-state index is -0.953. The summed E-state index contributed by atoms with van der Waals surface area (Å²) >= 11 is 0. The molecule has 0 heterocycles. The first-order chi connectivity index (χ1) is 6.49. The van der Waals surface area contributed by atoms with Gasteiger partial charge in [-0.25, -0.2) is 0 Å². The van der Waals surface area contributed by atoms with Crippen molar-refractivity contribution in [1.82, 2.24) is 5.32 Å². The lowest BCUT2D eigenvalue weighted by Gasteiger charge is -2.12. The molecule has 0 bridgehead atoms. The van der Waals surface area contributed by atoms with E-state index in [1.54, 1.807) is 0 Å². The fraction of sp³-hybridized carbons (Fsp3) is 0.750. The summed E-state index contributed by atoms with van der Waals surface area (Å²) in [6.45, 7) is 1.70. The Morgan fingerprint density at radius 3 is 2.57 bits per heavy atom. The second-order valence-corrected chi connectivity index (χ2v) is 3.05. The van der Waals surface area contributed by atoms with Gasteiger partial charge in [-0.3, -0.25) is 9.59 Å². The summed E-state index contributed by atoms with van der Waals surface area (Å²) in [4.78, 5) is 21.6. The number of methoxy groups -OCH3 is 1. The number of carboxylic acids is 1. The first-order valence-corrected chi connectivity index (χ1v) is 4.24. The second kappa shape index (κ2) is 6.33. The molecular formula is C8H16N2O4. The molecule has 0 rings (SSSR count). The van der Waals surface area contributed by atoms with Crippen LogP contribution in [0.2, 0.25) is 0 Å². The van der Waals surface area contributed by atoms with Crippen LogP contribution in [0.5, 0.6) is 0 Å². The van der Waals surface area contributed by atoms with E-state index in [4.69, 9.17) is 10.8 Å². The SMILES string of the molecule is COCC(N)C(=O)NCC(C)C(=O)O. The largest absolute Gasteiger partial charge is 0.481 e. The predicted octanol–water partition coefficient (Wildman–Crippen LogP) is -1.20. The Kier molecular flexibility index (Phi) is 5.82. The molecule has 0 spiro atoms. The summed E-state index contributed by atoms with van der Waals surface area (Å²) in [5.74, 6) is -1.97. The zero-order valence-corrected chi connectivity index (χ0v) is 8.32. The van der Waals surface area contributed by atoms with Crippen molar-refractivity contribution in [3.8, 4) is 0 Å². The number of hydrogen-bond acceptors (Lipinski definition) is 4. The first-order valence-electron chi connectivity index (χ1n) is 4.24. The van der Waals surface area contributed by atoms with Crippen molar-refractivity contribution in [2.75, 3.05) is 20.3 Å². The van der Waals surface area contributed by atoms with Gasteiger partial charge >= 0.3 is 5.97 Å². The molecule has 0 saturated heterocycles. The van der Waals surface area contributed by atoms with Gasteiger partial charge in [-0.15, -0.1) is 0 Å². The van der Waals surface area contributed by atoms with Crippen molar-refractivity contribution in [2.45, 2.75) is 13.0 Å². The second-order valence-electron chi connectivity index (χ2n) is 3.05. The number of nitrogens with one attached hydrogen (secondary N) is 1. The maximum atomic E-state index is 11.2. The molecule has 6 nitrogen and oxygen atoms in total. The third kappa shape index (κ3) is 4.78. The van der Waals surface area contributed by atoms with E-state index in [0.717, 1.165) is 0 Å². The van der Waals surface area contributed by atoms with E-state index in [9.17, 15) is 9.59 Å². The Labute approximate surface area is 82.4 Å². The van der Waals surface area contributed by atoms with Crippen molar-refractivity contribution in [3.05, 3.63) is 0 Å². The van der Waals surface area contributed by atoms with Crippen molar-refractivity contribution >= 4 is 11.9 Å². The van der Waals surface area contributed by atoms with E-state index in [1.165, 1.54) is 14.0 Å². The lowest BCUT2D eigenvalue weighted by molar-refractivity contribution is -0.141. The summed E-state index contributed by atoms with van der Waals surface area (Å²) in [7, 11) is 1.44. The van der Waals surface area contributed by atoms with Crippen LogP contribution in [0.15, 0.2) is 0 Å². The molecule has 2 atom stereocenters. The molecule has 2 unspecified atom stereocenters. The van der Waals surface area contributed by atoms with Crippen LogP contribution in [0, 0.1) is 5.92 Å². The average molecular weight is 204 g/mol. The summed E-state index contributed by atoms with van der Waals surface area (Å²) in [5.41, 5.74) is 5.41. The molecular weight excluding hydrogens is 188 g/mol. The summed E-state index contributed by atoms with van der Waals surface area (Å²) in [5, 5.41) is 11.0. The van der Waals surface area contributed by atoms with Crippen molar-refractivity contribution in [2.24, 2.45) is 11.7 Å². The maximum absolute atomic E-state index is 11.2.